The highest BCUT2D eigenvalue weighted by atomic mass is 16.6. The molecule has 0 heterocycles. The first kappa shape index (κ1) is 12.4. The Morgan fingerprint density at radius 2 is 1.94 bits per heavy atom. The van der Waals surface area contributed by atoms with Crippen molar-refractivity contribution >= 4 is 5.97 Å². The van der Waals surface area contributed by atoms with Crippen LogP contribution in [0, 0.1) is 0 Å². The standard InChI is InChI=1S/C12H16O4/c1-4-12(2,11(14)15-3)16-10-7-5-9(13)6-8-10/h5-8,13H,4H2,1-3H3/t12-/m0/s1. The van der Waals surface area contributed by atoms with Crippen LogP contribution < -0.4 is 4.74 Å². The van der Waals surface area contributed by atoms with E-state index < -0.39 is 11.6 Å². The number of hydrogen-bond acceptors (Lipinski definition) is 4. The highest BCUT2D eigenvalue weighted by molar-refractivity contribution is 5.79. The molecule has 1 aromatic rings. The molecule has 0 bridgehead atoms. The molecule has 4 heteroatoms. The predicted molar refractivity (Wildman–Crippen MR) is 59.4 cm³/mol. The van der Waals surface area contributed by atoms with E-state index in [1.54, 1.807) is 19.1 Å². The highest BCUT2D eigenvalue weighted by Gasteiger charge is 2.34. The van der Waals surface area contributed by atoms with Gasteiger partial charge in [0.2, 0.25) is 5.60 Å². The number of benzene rings is 1. The molecule has 0 aliphatic carbocycles. The second-order valence-electron chi connectivity index (χ2n) is 3.67. The summed E-state index contributed by atoms with van der Waals surface area (Å²) in [7, 11) is 1.33. The number of ether oxygens (including phenoxy) is 2. The van der Waals surface area contributed by atoms with Crippen LogP contribution >= 0.6 is 0 Å². The summed E-state index contributed by atoms with van der Waals surface area (Å²) < 4.78 is 10.3. The van der Waals surface area contributed by atoms with Crippen LogP contribution in [-0.4, -0.2) is 23.8 Å². The molecule has 0 aliphatic rings. The number of aromatic hydroxyl groups is 1. The lowest BCUT2D eigenvalue weighted by Gasteiger charge is -2.26. The van der Waals surface area contributed by atoms with Crippen LogP contribution in [-0.2, 0) is 9.53 Å². The summed E-state index contributed by atoms with van der Waals surface area (Å²) in [6.45, 7) is 3.52. The quantitative estimate of drug-likeness (QED) is 0.796. The number of carbonyl (C=O) groups is 1. The molecule has 0 spiro atoms. The zero-order valence-corrected chi connectivity index (χ0v) is 9.69. The van der Waals surface area contributed by atoms with Gasteiger partial charge in [0.25, 0.3) is 0 Å². The maximum Gasteiger partial charge on any atom is 0.349 e. The fraction of sp³-hybridized carbons (Fsp3) is 0.417. The Balaban J connectivity index is 2.84. The normalized spacial score (nSPS) is 13.9. The van der Waals surface area contributed by atoms with Gasteiger partial charge in [0, 0.05) is 0 Å². The summed E-state index contributed by atoms with van der Waals surface area (Å²) >= 11 is 0. The molecule has 0 saturated heterocycles. The van der Waals surface area contributed by atoms with Gasteiger partial charge in [-0.15, -0.1) is 0 Å². The molecule has 0 amide bonds. The van der Waals surface area contributed by atoms with Gasteiger partial charge in [-0.3, -0.25) is 0 Å². The van der Waals surface area contributed by atoms with Gasteiger partial charge in [-0.25, -0.2) is 4.79 Å². The average Bonchev–Trinajstić information content (AvgIpc) is 2.31. The van der Waals surface area contributed by atoms with Gasteiger partial charge in [-0.1, -0.05) is 6.92 Å². The smallest absolute Gasteiger partial charge is 0.349 e. The van der Waals surface area contributed by atoms with Crippen molar-refractivity contribution in [1.82, 2.24) is 0 Å². The Bertz CT molecular complexity index is 358. The maximum atomic E-state index is 11.5. The predicted octanol–water partition coefficient (Wildman–Crippen LogP) is 2.11. The minimum Gasteiger partial charge on any atom is -0.508 e. The molecule has 0 aromatic heterocycles. The third-order valence-electron chi connectivity index (χ3n) is 2.47. The average molecular weight is 224 g/mol. The van der Waals surface area contributed by atoms with Crippen molar-refractivity contribution in [1.29, 1.82) is 0 Å². The summed E-state index contributed by atoms with van der Waals surface area (Å²) in [5, 5.41) is 9.12. The van der Waals surface area contributed by atoms with Gasteiger partial charge in [-0.2, -0.15) is 0 Å². The number of hydrogen-bond donors (Lipinski definition) is 1. The lowest BCUT2D eigenvalue weighted by molar-refractivity contribution is -0.157. The van der Waals surface area contributed by atoms with Gasteiger partial charge < -0.3 is 14.6 Å². The fourth-order valence-corrected chi connectivity index (χ4v) is 1.25. The van der Waals surface area contributed by atoms with Crippen molar-refractivity contribution < 1.29 is 19.4 Å². The molecular formula is C12H16O4. The highest BCUT2D eigenvalue weighted by Crippen LogP contribution is 2.24. The van der Waals surface area contributed by atoms with E-state index in [1.165, 1.54) is 19.2 Å². The van der Waals surface area contributed by atoms with Crippen LogP contribution in [0.1, 0.15) is 20.3 Å². The molecule has 16 heavy (non-hydrogen) atoms. The zero-order valence-electron chi connectivity index (χ0n) is 9.69. The van der Waals surface area contributed by atoms with E-state index in [-0.39, 0.29) is 5.75 Å². The first-order valence-electron chi connectivity index (χ1n) is 5.08. The van der Waals surface area contributed by atoms with Crippen molar-refractivity contribution in [2.75, 3.05) is 7.11 Å². The number of phenols is 1. The minimum atomic E-state index is -0.994. The van der Waals surface area contributed by atoms with Crippen LogP contribution in [0.3, 0.4) is 0 Å². The molecule has 0 unspecified atom stereocenters. The summed E-state index contributed by atoms with van der Waals surface area (Å²) in [4.78, 5) is 11.5. The van der Waals surface area contributed by atoms with Crippen molar-refractivity contribution in [3.63, 3.8) is 0 Å². The monoisotopic (exact) mass is 224 g/mol. The van der Waals surface area contributed by atoms with Gasteiger partial charge in [-0.05, 0) is 37.6 Å². The Labute approximate surface area is 94.8 Å². The first-order valence-corrected chi connectivity index (χ1v) is 5.08. The van der Waals surface area contributed by atoms with E-state index in [4.69, 9.17) is 9.84 Å². The SMILES string of the molecule is CC[C@](C)(Oc1ccc(O)cc1)C(=O)OC. The van der Waals surface area contributed by atoms with Crippen LogP contribution in [0.5, 0.6) is 11.5 Å². The van der Waals surface area contributed by atoms with E-state index >= 15 is 0 Å². The maximum absolute atomic E-state index is 11.5. The molecule has 0 aliphatic heterocycles. The first-order chi connectivity index (χ1) is 7.51. The largest absolute Gasteiger partial charge is 0.508 e. The van der Waals surface area contributed by atoms with E-state index in [1.807, 2.05) is 6.92 Å². The van der Waals surface area contributed by atoms with Crippen molar-refractivity contribution in [2.24, 2.45) is 0 Å². The second kappa shape index (κ2) is 4.88. The minimum absolute atomic E-state index is 0.156. The Kier molecular flexibility index (Phi) is 3.77. The zero-order chi connectivity index (χ0) is 12.2. The molecular weight excluding hydrogens is 208 g/mol. The molecule has 1 atom stereocenters. The van der Waals surface area contributed by atoms with Crippen molar-refractivity contribution in [2.45, 2.75) is 25.9 Å². The Morgan fingerprint density at radius 3 is 2.38 bits per heavy atom. The number of rotatable bonds is 4. The number of carbonyl (C=O) groups excluding carboxylic acids is 1. The fourth-order valence-electron chi connectivity index (χ4n) is 1.25. The van der Waals surface area contributed by atoms with Crippen molar-refractivity contribution in [3.8, 4) is 11.5 Å². The van der Waals surface area contributed by atoms with Gasteiger partial charge in [0.1, 0.15) is 11.5 Å². The summed E-state index contributed by atoms with van der Waals surface area (Å²) in [6, 6.07) is 6.21. The number of methoxy groups -OCH3 is 1. The molecule has 0 saturated carbocycles. The molecule has 1 N–H and O–H groups in total. The van der Waals surface area contributed by atoms with Crippen LogP contribution in [0.25, 0.3) is 0 Å². The van der Waals surface area contributed by atoms with Crippen LogP contribution in [0.4, 0.5) is 0 Å². The molecule has 0 radical (unpaired) electrons. The lowest BCUT2D eigenvalue weighted by atomic mass is 10.0. The summed E-state index contributed by atoms with van der Waals surface area (Å²) in [5.41, 5.74) is -0.994. The van der Waals surface area contributed by atoms with E-state index in [9.17, 15) is 4.79 Å². The van der Waals surface area contributed by atoms with E-state index in [0.29, 0.717) is 12.2 Å². The molecule has 1 aromatic carbocycles. The lowest BCUT2D eigenvalue weighted by Crippen LogP contribution is -2.41. The molecule has 4 nitrogen and oxygen atoms in total. The molecule has 88 valence electrons. The van der Waals surface area contributed by atoms with E-state index in [0.717, 1.165) is 0 Å². The van der Waals surface area contributed by atoms with Crippen LogP contribution in [0.15, 0.2) is 24.3 Å². The van der Waals surface area contributed by atoms with Gasteiger partial charge in [0.15, 0.2) is 0 Å². The Hall–Kier alpha value is -1.71. The number of esters is 1. The van der Waals surface area contributed by atoms with E-state index in [2.05, 4.69) is 4.74 Å². The van der Waals surface area contributed by atoms with Gasteiger partial charge in [0.05, 0.1) is 7.11 Å². The van der Waals surface area contributed by atoms with Crippen molar-refractivity contribution in [3.05, 3.63) is 24.3 Å². The second-order valence-corrected chi connectivity index (χ2v) is 3.67. The van der Waals surface area contributed by atoms with Gasteiger partial charge >= 0.3 is 5.97 Å². The summed E-state index contributed by atoms with van der Waals surface area (Å²) in [5.74, 6) is 0.263. The van der Waals surface area contributed by atoms with Crippen LogP contribution in [0.2, 0.25) is 0 Å². The third kappa shape index (κ3) is 2.66. The Morgan fingerprint density at radius 1 is 1.38 bits per heavy atom. The topological polar surface area (TPSA) is 55.8 Å². The molecule has 0 fully saturated rings. The summed E-state index contributed by atoms with van der Waals surface area (Å²) in [6.07, 6.45) is 0.501. The third-order valence-corrected chi connectivity index (χ3v) is 2.47. The molecule has 1 rings (SSSR count). The number of phenolic OH excluding ortho intramolecular Hbond substituents is 1.